The molecule has 0 amide bonds. The molecular formula is C21H47LiN+. The van der Waals surface area contributed by atoms with Crippen molar-refractivity contribution in [3.8, 4) is 0 Å². The van der Waals surface area contributed by atoms with E-state index in [1.54, 1.807) is 0 Å². The Morgan fingerprint density at radius 1 is 0.478 bits per heavy atom. The van der Waals surface area contributed by atoms with E-state index in [1.165, 1.54) is 109 Å². The predicted molar refractivity (Wildman–Crippen MR) is 104 cm³/mol. The molecule has 0 bridgehead atoms. The van der Waals surface area contributed by atoms with E-state index in [4.69, 9.17) is 0 Å². The molecule has 0 radical (unpaired) electrons. The molecule has 136 valence electrons. The smallest absolute Gasteiger partial charge is 1.00 e. The summed E-state index contributed by atoms with van der Waals surface area (Å²) in [7, 11) is 6.89. The van der Waals surface area contributed by atoms with Gasteiger partial charge in [-0.05, 0) is 12.8 Å². The molecule has 0 unspecified atom stereocenters. The van der Waals surface area contributed by atoms with Crippen LogP contribution >= 0.6 is 0 Å². The fourth-order valence-electron chi connectivity index (χ4n) is 3.13. The molecule has 2 heteroatoms. The van der Waals surface area contributed by atoms with E-state index in [0.717, 1.165) is 4.48 Å². The van der Waals surface area contributed by atoms with Crippen molar-refractivity contribution in [2.45, 2.75) is 110 Å². The van der Waals surface area contributed by atoms with Crippen molar-refractivity contribution in [1.29, 1.82) is 0 Å². The number of hydrogen-bond acceptors (Lipinski definition) is 0. The molecule has 0 aliphatic heterocycles. The van der Waals surface area contributed by atoms with Gasteiger partial charge in [-0.15, -0.1) is 0 Å². The van der Waals surface area contributed by atoms with Gasteiger partial charge in [0.05, 0.1) is 27.7 Å². The van der Waals surface area contributed by atoms with Crippen molar-refractivity contribution in [2.75, 3.05) is 27.7 Å². The Kier molecular flexibility index (Phi) is 21.2. The molecule has 0 atom stereocenters. The van der Waals surface area contributed by atoms with E-state index >= 15 is 0 Å². The Labute approximate surface area is 162 Å². The minimum atomic E-state index is 0. The third-order valence-electron chi connectivity index (χ3n) is 4.68. The minimum Gasteiger partial charge on any atom is -1.00 e. The van der Waals surface area contributed by atoms with Crippen LogP contribution in [0.15, 0.2) is 0 Å². The summed E-state index contributed by atoms with van der Waals surface area (Å²) in [6, 6.07) is 0. The van der Waals surface area contributed by atoms with Crippen LogP contribution in [0.5, 0.6) is 0 Å². The Balaban J connectivity index is -0.00000220. The van der Waals surface area contributed by atoms with Crippen LogP contribution in [-0.4, -0.2) is 32.2 Å². The van der Waals surface area contributed by atoms with Gasteiger partial charge in [0.15, 0.2) is 0 Å². The van der Waals surface area contributed by atoms with Gasteiger partial charge >= 0.3 is 18.9 Å². The van der Waals surface area contributed by atoms with Gasteiger partial charge in [-0.1, -0.05) is 96.8 Å². The molecule has 0 aliphatic rings. The molecular weight excluding hydrogens is 273 g/mol. The van der Waals surface area contributed by atoms with Gasteiger partial charge in [0, 0.05) is 0 Å². The van der Waals surface area contributed by atoms with Crippen LogP contribution in [0, 0.1) is 0 Å². The summed E-state index contributed by atoms with van der Waals surface area (Å²) in [5, 5.41) is 0. The van der Waals surface area contributed by atoms with Gasteiger partial charge in [-0.25, -0.2) is 0 Å². The quantitative estimate of drug-likeness (QED) is 0.215. The normalized spacial score (nSPS) is 11.5. The summed E-state index contributed by atoms with van der Waals surface area (Å²) >= 11 is 0. The maximum absolute atomic E-state index is 2.30. The van der Waals surface area contributed by atoms with Crippen LogP contribution in [0.4, 0.5) is 0 Å². The summed E-state index contributed by atoms with van der Waals surface area (Å²) in [6.07, 6.45) is 23.4. The molecule has 0 N–H and O–H groups in total. The summed E-state index contributed by atoms with van der Waals surface area (Å²) in [6.45, 7) is 3.63. The Hall–Kier alpha value is 0.557. The molecule has 0 aromatic carbocycles. The molecule has 0 heterocycles. The maximum Gasteiger partial charge on any atom is 1.00 e. The molecule has 0 aromatic heterocycles. The molecule has 23 heavy (non-hydrogen) atoms. The molecule has 0 saturated carbocycles. The molecule has 0 spiro atoms. The third-order valence-corrected chi connectivity index (χ3v) is 4.68. The average Bonchev–Trinajstić information content (AvgIpc) is 2.45. The Morgan fingerprint density at radius 2 is 0.739 bits per heavy atom. The fraction of sp³-hybridized carbons (Fsp3) is 1.00. The largest absolute Gasteiger partial charge is 1.00 e. The first-order valence-electron chi connectivity index (χ1n) is 10.4. The molecule has 1 nitrogen and oxygen atoms in total. The van der Waals surface area contributed by atoms with E-state index < -0.39 is 0 Å². The van der Waals surface area contributed by atoms with Crippen LogP contribution in [0.1, 0.15) is 111 Å². The summed E-state index contributed by atoms with van der Waals surface area (Å²) in [5.74, 6) is 0. The van der Waals surface area contributed by atoms with Gasteiger partial charge in [0.1, 0.15) is 0 Å². The molecule has 0 rings (SSSR count). The first-order valence-corrected chi connectivity index (χ1v) is 10.4. The fourth-order valence-corrected chi connectivity index (χ4v) is 3.13. The van der Waals surface area contributed by atoms with Crippen molar-refractivity contribution in [1.82, 2.24) is 0 Å². The van der Waals surface area contributed by atoms with Crippen molar-refractivity contribution in [3.05, 3.63) is 0 Å². The van der Waals surface area contributed by atoms with E-state index in [-0.39, 0.29) is 20.3 Å². The Morgan fingerprint density at radius 3 is 1.00 bits per heavy atom. The summed E-state index contributed by atoms with van der Waals surface area (Å²) in [5.41, 5.74) is 0. The SMILES string of the molecule is CCCCCCCCCCCCCCCCCC[N+](C)(C)C.[H-].[Li+]. The van der Waals surface area contributed by atoms with Crippen LogP contribution in [0.25, 0.3) is 0 Å². The number of quaternary nitrogens is 1. The predicted octanol–water partition coefficient (Wildman–Crippen LogP) is 4.07. The zero-order valence-electron chi connectivity index (χ0n) is 18.5. The topological polar surface area (TPSA) is 0 Å². The second kappa shape index (κ2) is 18.9. The molecule has 0 saturated heterocycles. The minimum absolute atomic E-state index is 0. The van der Waals surface area contributed by atoms with Gasteiger partial charge < -0.3 is 5.91 Å². The first-order chi connectivity index (χ1) is 10.6. The maximum atomic E-state index is 2.30. The third kappa shape index (κ3) is 24.9. The van der Waals surface area contributed by atoms with Crippen LogP contribution in [0.3, 0.4) is 0 Å². The Bertz CT molecular complexity index is 216. The molecule has 0 aliphatic carbocycles. The monoisotopic (exact) mass is 320 g/mol. The van der Waals surface area contributed by atoms with E-state index in [1.807, 2.05) is 0 Å². The second-order valence-corrected chi connectivity index (χ2v) is 8.32. The number of unbranched alkanes of at least 4 members (excludes halogenated alkanes) is 15. The van der Waals surface area contributed by atoms with Crippen molar-refractivity contribution in [3.63, 3.8) is 0 Å². The van der Waals surface area contributed by atoms with Crippen molar-refractivity contribution >= 4 is 0 Å². The molecule has 0 aromatic rings. The van der Waals surface area contributed by atoms with E-state index in [0.29, 0.717) is 0 Å². The van der Waals surface area contributed by atoms with Crippen LogP contribution < -0.4 is 18.9 Å². The zero-order chi connectivity index (χ0) is 16.5. The summed E-state index contributed by atoms with van der Waals surface area (Å²) in [4.78, 5) is 0. The van der Waals surface area contributed by atoms with Gasteiger partial charge in [-0.2, -0.15) is 0 Å². The summed E-state index contributed by atoms with van der Waals surface area (Å²) < 4.78 is 1.12. The van der Waals surface area contributed by atoms with Crippen molar-refractivity contribution < 1.29 is 24.8 Å². The van der Waals surface area contributed by atoms with Gasteiger partial charge in [0.25, 0.3) is 0 Å². The van der Waals surface area contributed by atoms with Crippen LogP contribution in [0.2, 0.25) is 0 Å². The standard InChI is InChI=1S/C21H46N.Li.H/c1-5-6-7-8-9-10-11-12-13-14-15-16-17-18-19-20-21-22(2,3)4;;/h5-21H2,1-4H3;;/q2*+1;-1. The van der Waals surface area contributed by atoms with Crippen LogP contribution in [-0.2, 0) is 0 Å². The first kappa shape index (κ1) is 25.8. The number of rotatable bonds is 17. The average molecular weight is 321 g/mol. The zero-order valence-corrected chi connectivity index (χ0v) is 17.5. The van der Waals surface area contributed by atoms with Gasteiger partial charge in [0.2, 0.25) is 0 Å². The van der Waals surface area contributed by atoms with Crippen molar-refractivity contribution in [2.24, 2.45) is 0 Å². The molecule has 0 fully saturated rings. The number of nitrogens with zero attached hydrogens (tertiary/aromatic N) is 1. The van der Waals surface area contributed by atoms with Gasteiger partial charge in [-0.3, -0.25) is 0 Å². The van der Waals surface area contributed by atoms with E-state index in [2.05, 4.69) is 28.1 Å². The second-order valence-electron chi connectivity index (χ2n) is 8.32. The number of hydrogen-bond donors (Lipinski definition) is 0. The van der Waals surface area contributed by atoms with E-state index in [9.17, 15) is 0 Å².